The highest BCUT2D eigenvalue weighted by Gasteiger charge is 2.13. The first kappa shape index (κ1) is 21.9. The van der Waals surface area contributed by atoms with Gasteiger partial charge in [0.2, 0.25) is 5.91 Å². The van der Waals surface area contributed by atoms with Gasteiger partial charge < -0.3 is 15.0 Å². The van der Waals surface area contributed by atoms with E-state index in [0.717, 1.165) is 11.3 Å². The molecule has 28 heavy (non-hydrogen) atoms. The van der Waals surface area contributed by atoms with Crippen molar-refractivity contribution in [1.29, 1.82) is 0 Å². The van der Waals surface area contributed by atoms with Crippen molar-refractivity contribution in [2.75, 3.05) is 13.7 Å². The third-order valence-corrected chi connectivity index (χ3v) is 4.81. The molecule has 1 amide bonds. The van der Waals surface area contributed by atoms with E-state index in [4.69, 9.17) is 17.0 Å². The summed E-state index contributed by atoms with van der Waals surface area (Å²) < 4.78 is 5.73. The molecule has 0 bridgehead atoms. The largest absolute Gasteiger partial charge is 0.494 e. The van der Waals surface area contributed by atoms with Gasteiger partial charge in [-0.25, -0.2) is 0 Å². The summed E-state index contributed by atoms with van der Waals surface area (Å²) in [4.78, 5) is 14.0. The lowest BCUT2D eigenvalue weighted by molar-refractivity contribution is -0.120. The summed E-state index contributed by atoms with van der Waals surface area (Å²) in [6.45, 7) is 7.71. The molecule has 0 saturated carbocycles. The maximum absolute atomic E-state index is 12.1. The van der Waals surface area contributed by atoms with Crippen LogP contribution in [-0.4, -0.2) is 29.6 Å². The summed E-state index contributed by atoms with van der Waals surface area (Å²) in [5, 5.41) is 3.22. The summed E-state index contributed by atoms with van der Waals surface area (Å²) in [6, 6.07) is 18.2. The normalized spacial score (nSPS) is 11.0. The van der Waals surface area contributed by atoms with Crippen molar-refractivity contribution in [2.24, 2.45) is 0 Å². The highest BCUT2D eigenvalue weighted by atomic mass is 32.1. The Kier molecular flexibility index (Phi) is 8.00. The molecule has 0 aromatic heterocycles. The number of ether oxygens (including phenoxy) is 1. The van der Waals surface area contributed by atoms with E-state index in [1.165, 1.54) is 5.56 Å². The van der Waals surface area contributed by atoms with Crippen LogP contribution in [0.5, 0.6) is 5.75 Å². The van der Waals surface area contributed by atoms with Crippen LogP contribution in [-0.2, 0) is 16.8 Å². The molecule has 2 aromatic rings. The Bertz CT molecular complexity index is 767. The molecule has 0 unspecified atom stereocenters. The van der Waals surface area contributed by atoms with Gasteiger partial charge in [0.25, 0.3) is 0 Å². The number of nitrogens with one attached hydrogen (secondary N) is 1. The first-order chi connectivity index (χ1) is 13.3. The number of carbonyl (C=O) groups excluding carboxylic acids is 1. The molecule has 0 fully saturated rings. The highest BCUT2D eigenvalue weighted by Crippen LogP contribution is 2.24. The van der Waals surface area contributed by atoms with Crippen LogP contribution >= 0.6 is 12.2 Å². The van der Waals surface area contributed by atoms with E-state index in [9.17, 15) is 4.79 Å². The lowest BCUT2D eigenvalue weighted by Crippen LogP contribution is -2.40. The van der Waals surface area contributed by atoms with Crippen LogP contribution in [0.3, 0.4) is 0 Å². The number of benzene rings is 2. The first-order valence-corrected chi connectivity index (χ1v) is 9.99. The Balaban J connectivity index is 1.67. The third kappa shape index (κ3) is 7.31. The smallest absolute Gasteiger partial charge is 0.226 e. The summed E-state index contributed by atoms with van der Waals surface area (Å²) in [7, 11) is 1.87. The van der Waals surface area contributed by atoms with Gasteiger partial charge in [0.05, 0.1) is 6.61 Å². The minimum atomic E-state index is -0.0865. The molecule has 0 radical (unpaired) electrons. The van der Waals surface area contributed by atoms with Crippen molar-refractivity contribution in [2.45, 2.75) is 45.6 Å². The van der Waals surface area contributed by atoms with Crippen LogP contribution in [0.25, 0.3) is 0 Å². The summed E-state index contributed by atoms with van der Waals surface area (Å²) in [5.74, 6) is 0.739. The number of amides is 1. The second kappa shape index (κ2) is 10.2. The molecule has 0 spiro atoms. The van der Waals surface area contributed by atoms with Gasteiger partial charge in [0.1, 0.15) is 5.75 Å². The maximum atomic E-state index is 12.1. The number of nitrogens with zero attached hydrogens (tertiary/aromatic N) is 1. The van der Waals surface area contributed by atoms with Crippen molar-refractivity contribution >= 4 is 23.2 Å². The fraction of sp³-hybridized carbons (Fsp3) is 0.391. The van der Waals surface area contributed by atoms with Crippen molar-refractivity contribution in [1.82, 2.24) is 10.2 Å². The molecule has 0 atom stereocenters. The molecular weight excluding hydrogens is 368 g/mol. The quantitative estimate of drug-likeness (QED) is 0.543. The van der Waals surface area contributed by atoms with Crippen LogP contribution in [0.1, 0.15) is 44.7 Å². The average molecular weight is 399 g/mol. The molecule has 1 N–H and O–H groups in total. The molecule has 2 rings (SSSR count). The van der Waals surface area contributed by atoms with Crippen molar-refractivity contribution < 1.29 is 9.53 Å². The number of rotatable bonds is 7. The molecule has 0 aliphatic heterocycles. The van der Waals surface area contributed by atoms with Gasteiger partial charge in [-0.3, -0.25) is 4.79 Å². The van der Waals surface area contributed by atoms with Gasteiger partial charge in [0.15, 0.2) is 5.11 Å². The van der Waals surface area contributed by atoms with Gasteiger partial charge in [-0.2, -0.15) is 0 Å². The van der Waals surface area contributed by atoms with E-state index >= 15 is 0 Å². The summed E-state index contributed by atoms with van der Waals surface area (Å²) in [6.07, 6.45) is 1.01. The SMILES string of the molecule is CN(Cc1ccccc1)C(=S)NC(=O)CCCOc1ccc(C(C)(C)C)cc1. The number of carbonyl (C=O) groups is 1. The van der Waals surface area contributed by atoms with E-state index in [0.29, 0.717) is 31.1 Å². The summed E-state index contributed by atoms with van der Waals surface area (Å²) >= 11 is 5.31. The first-order valence-electron chi connectivity index (χ1n) is 9.58. The average Bonchev–Trinajstić information content (AvgIpc) is 2.65. The Hall–Kier alpha value is -2.40. The molecule has 5 heteroatoms. The third-order valence-electron chi connectivity index (χ3n) is 4.39. The standard InChI is InChI=1S/C23H30N2O2S/c1-23(2,3)19-12-14-20(15-13-19)27-16-8-11-21(26)24-22(28)25(4)17-18-9-6-5-7-10-18/h5-7,9-10,12-15H,8,11,16-17H2,1-4H3,(H,24,26,28). The van der Waals surface area contributed by atoms with Crippen LogP contribution < -0.4 is 10.1 Å². The van der Waals surface area contributed by atoms with Gasteiger partial charge >= 0.3 is 0 Å². The topological polar surface area (TPSA) is 41.6 Å². The van der Waals surface area contributed by atoms with Crippen molar-refractivity contribution in [3.8, 4) is 5.75 Å². The van der Waals surface area contributed by atoms with Crippen molar-refractivity contribution in [3.63, 3.8) is 0 Å². The predicted molar refractivity (Wildman–Crippen MR) is 119 cm³/mol. The molecular formula is C23H30N2O2S. The van der Waals surface area contributed by atoms with Gasteiger partial charge in [-0.15, -0.1) is 0 Å². The van der Waals surface area contributed by atoms with Gasteiger partial charge in [0, 0.05) is 20.0 Å². The minimum absolute atomic E-state index is 0.0865. The number of hydrogen-bond acceptors (Lipinski definition) is 3. The second-order valence-electron chi connectivity index (χ2n) is 7.92. The predicted octanol–water partition coefficient (Wildman–Crippen LogP) is 4.68. The molecule has 0 saturated heterocycles. The number of thiocarbonyl (C=S) groups is 1. The summed E-state index contributed by atoms with van der Waals surface area (Å²) in [5.41, 5.74) is 2.54. The lowest BCUT2D eigenvalue weighted by atomic mass is 9.87. The zero-order valence-electron chi connectivity index (χ0n) is 17.2. The number of hydrogen-bond donors (Lipinski definition) is 1. The van der Waals surface area contributed by atoms with E-state index in [2.05, 4.69) is 38.2 Å². The fourth-order valence-electron chi connectivity index (χ4n) is 2.68. The van der Waals surface area contributed by atoms with Crippen LogP contribution in [0.15, 0.2) is 54.6 Å². The molecule has 0 aliphatic rings. The highest BCUT2D eigenvalue weighted by molar-refractivity contribution is 7.80. The Morgan fingerprint density at radius 3 is 2.32 bits per heavy atom. The Morgan fingerprint density at radius 1 is 1.07 bits per heavy atom. The van der Waals surface area contributed by atoms with Gasteiger partial charge in [-0.05, 0) is 47.3 Å². The van der Waals surface area contributed by atoms with E-state index in [1.54, 1.807) is 0 Å². The molecule has 0 aliphatic carbocycles. The Morgan fingerprint density at radius 2 is 1.71 bits per heavy atom. The molecule has 2 aromatic carbocycles. The van der Waals surface area contributed by atoms with Crippen LogP contribution in [0, 0.1) is 0 Å². The molecule has 4 nitrogen and oxygen atoms in total. The maximum Gasteiger partial charge on any atom is 0.226 e. The monoisotopic (exact) mass is 398 g/mol. The zero-order chi connectivity index (χ0) is 20.6. The van der Waals surface area contributed by atoms with Crippen molar-refractivity contribution in [3.05, 3.63) is 65.7 Å². The lowest BCUT2D eigenvalue weighted by Gasteiger charge is -2.20. The molecule has 0 heterocycles. The van der Waals surface area contributed by atoms with Crippen LogP contribution in [0.4, 0.5) is 0 Å². The van der Waals surface area contributed by atoms with Crippen LogP contribution in [0.2, 0.25) is 0 Å². The fourth-order valence-corrected chi connectivity index (χ4v) is 2.86. The minimum Gasteiger partial charge on any atom is -0.494 e. The molecule has 150 valence electrons. The van der Waals surface area contributed by atoms with Gasteiger partial charge in [-0.1, -0.05) is 63.2 Å². The zero-order valence-corrected chi connectivity index (χ0v) is 18.0. The second-order valence-corrected chi connectivity index (χ2v) is 8.31. The van der Waals surface area contributed by atoms with E-state index in [-0.39, 0.29) is 11.3 Å². The van der Waals surface area contributed by atoms with E-state index in [1.807, 2.05) is 54.4 Å². The Labute approximate surface area is 173 Å². The van der Waals surface area contributed by atoms with E-state index < -0.39 is 0 Å².